The molecule has 4 rings (SSSR count). The maximum absolute atomic E-state index is 12.2. The van der Waals surface area contributed by atoms with Gasteiger partial charge in [-0.1, -0.05) is 19.1 Å². The van der Waals surface area contributed by atoms with Crippen molar-refractivity contribution in [2.75, 3.05) is 18.1 Å². The number of carbonyl (C=O) groups excluding carboxylic acids is 1. The highest BCUT2D eigenvalue weighted by molar-refractivity contribution is 7.14. The van der Waals surface area contributed by atoms with E-state index in [1.807, 2.05) is 29.8 Å². The summed E-state index contributed by atoms with van der Waals surface area (Å²) in [5.41, 5.74) is 2.34. The van der Waals surface area contributed by atoms with Crippen LogP contribution in [-0.4, -0.2) is 35.0 Å². The molecule has 1 aromatic carbocycles. The van der Waals surface area contributed by atoms with Gasteiger partial charge in [0.2, 0.25) is 0 Å². The second-order valence-electron chi connectivity index (χ2n) is 6.46. The van der Waals surface area contributed by atoms with Crippen LogP contribution in [0.15, 0.2) is 52.9 Å². The van der Waals surface area contributed by atoms with Gasteiger partial charge in [-0.3, -0.25) is 5.41 Å². The molecule has 3 aromatic rings. The number of hydrogen-bond acceptors (Lipinski definition) is 7. The van der Waals surface area contributed by atoms with Gasteiger partial charge < -0.3 is 14.7 Å². The number of nitrogens with one attached hydrogen (secondary N) is 1. The molecule has 6 nitrogen and oxygen atoms in total. The maximum Gasteiger partial charge on any atom is 0.338 e. The quantitative estimate of drug-likeness (QED) is 0.530. The van der Waals surface area contributed by atoms with Gasteiger partial charge in [-0.25, -0.2) is 9.78 Å². The Morgan fingerprint density at radius 1 is 1.31 bits per heavy atom. The summed E-state index contributed by atoms with van der Waals surface area (Å²) in [6.45, 7) is 2.47. The van der Waals surface area contributed by atoms with Gasteiger partial charge in [0.05, 0.1) is 34.9 Å². The first-order valence-corrected chi connectivity index (χ1v) is 10.9. The number of thiazole rings is 1. The van der Waals surface area contributed by atoms with Crippen LogP contribution >= 0.6 is 22.7 Å². The lowest BCUT2D eigenvalue weighted by molar-refractivity contribution is 0.0505. The van der Waals surface area contributed by atoms with Crippen LogP contribution in [0.1, 0.15) is 28.7 Å². The normalized spacial score (nSPS) is 14.0. The summed E-state index contributed by atoms with van der Waals surface area (Å²) in [5.74, 6) is -0.132. The van der Waals surface area contributed by atoms with E-state index in [0.717, 1.165) is 17.0 Å². The van der Waals surface area contributed by atoms with Crippen molar-refractivity contribution in [3.05, 3.63) is 63.5 Å². The molecule has 0 spiro atoms. The van der Waals surface area contributed by atoms with Crippen LogP contribution in [0.5, 0.6) is 0 Å². The van der Waals surface area contributed by atoms with Crippen molar-refractivity contribution in [3.63, 3.8) is 0 Å². The van der Waals surface area contributed by atoms with Crippen LogP contribution in [0.3, 0.4) is 0 Å². The van der Waals surface area contributed by atoms with Gasteiger partial charge in [-0.05, 0) is 36.1 Å². The molecular weight excluding hydrogens is 406 g/mol. The Bertz CT molecular complexity index is 1090. The SMILES string of the molecule is CCCOC(=O)c1cccc(N2CC(O)=C(c3nc(-c4cccs4)cs3)C2=N)c1. The van der Waals surface area contributed by atoms with E-state index in [1.165, 1.54) is 11.3 Å². The molecule has 0 fully saturated rings. The highest BCUT2D eigenvalue weighted by Crippen LogP contribution is 2.35. The van der Waals surface area contributed by atoms with Crippen molar-refractivity contribution < 1.29 is 14.6 Å². The van der Waals surface area contributed by atoms with Crippen LogP contribution in [0, 0.1) is 5.41 Å². The number of hydrogen-bond donors (Lipinski definition) is 2. The zero-order valence-corrected chi connectivity index (χ0v) is 17.3. The summed E-state index contributed by atoms with van der Waals surface area (Å²) in [4.78, 5) is 19.5. The standard InChI is InChI=1S/C21H19N3O3S2/c1-2-8-27-21(26)13-5-3-6-14(10-13)24-11-16(25)18(19(24)22)20-23-15(12-29-20)17-7-4-9-28-17/h3-7,9-10,12,22,25H,2,8,11H2,1H3. The minimum Gasteiger partial charge on any atom is -0.510 e. The van der Waals surface area contributed by atoms with Crippen LogP contribution in [0.2, 0.25) is 0 Å². The fraction of sp³-hybridized carbons (Fsp3) is 0.190. The smallest absolute Gasteiger partial charge is 0.338 e. The molecule has 0 radical (unpaired) electrons. The third-order valence-electron chi connectivity index (χ3n) is 4.43. The molecule has 2 N–H and O–H groups in total. The zero-order chi connectivity index (χ0) is 20.4. The lowest BCUT2D eigenvalue weighted by Crippen LogP contribution is -2.26. The molecule has 0 atom stereocenters. The molecule has 8 heteroatoms. The Morgan fingerprint density at radius 2 is 2.17 bits per heavy atom. The van der Waals surface area contributed by atoms with Crippen molar-refractivity contribution in [1.82, 2.24) is 4.98 Å². The Labute approximate surface area is 176 Å². The molecule has 0 unspecified atom stereocenters. The number of thiophene rings is 1. The van der Waals surface area contributed by atoms with E-state index in [9.17, 15) is 9.90 Å². The monoisotopic (exact) mass is 425 g/mol. The number of rotatable bonds is 6. The van der Waals surface area contributed by atoms with E-state index in [4.69, 9.17) is 10.1 Å². The van der Waals surface area contributed by atoms with Gasteiger partial charge in [0, 0.05) is 11.1 Å². The topological polar surface area (TPSA) is 86.5 Å². The molecule has 0 aliphatic carbocycles. The van der Waals surface area contributed by atoms with Crippen molar-refractivity contribution in [3.8, 4) is 10.6 Å². The molecule has 3 heterocycles. The van der Waals surface area contributed by atoms with E-state index >= 15 is 0 Å². The zero-order valence-electron chi connectivity index (χ0n) is 15.7. The lowest BCUT2D eigenvalue weighted by Gasteiger charge is -2.19. The van der Waals surface area contributed by atoms with E-state index in [2.05, 4.69) is 4.98 Å². The first kappa shape index (κ1) is 19.4. The van der Waals surface area contributed by atoms with Crippen LogP contribution < -0.4 is 4.90 Å². The molecular formula is C21H19N3O3S2. The van der Waals surface area contributed by atoms with Gasteiger partial charge in [-0.2, -0.15) is 0 Å². The summed E-state index contributed by atoms with van der Waals surface area (Å²) in [6.07, 6.45) is 0.755. The van der Waals surface area contributed by atoms with Gasteiger partial charge in [0.15, 0.2) is 0 Å². The number of anilines is 1. The third-order valence-corrected chi connectivity index (χ3v) is 6.18. The predicted molar refractivity (Wildman–Crippen MR) is 117 cm³/mol. The fourth-order valence-electron chi connectivity index (χ4n) is 3.03. The molecule has 0 saturated carbocycles. The average molecular weight is 426 g/mol. The highest BCUT2D eigenvalue weighted by Gasteiger charge is 2.31. The highest BCUT2D eigenvalue weighted by atomic mass is 32.1. The average Bonchev–Trinajstić information content (AvgIpc) is 3.46. The predicted octanol–water partition coefficient (Wildman–Crippen LogP) is 5.20. The van der Waals surface area contributed by atoms with Crippen molar-refractivity contribution in [1.29, 1.82) is 5.41 Å². The van der Waals surface area contributed by atoms with E-state index < -0.39 is 5.97 Å². The minimum absolute atomic E-state index is 0.0982. The second kappa shape index (κ2) is 8.18. The summed E-state index contributed by atoms with van der Waals surface area (Å²) in [7, 11) is 0. The molecule has 0 bridgehead atoms. The third kappa shape index (κ3) is 3.81. The Balaban J connectivity index is 1.57. The minimum atomic E-state index is -0.391. The van der Waals surface area contributed by atoms with Gasteiger partial charge in [-0.15, -0.1) is 22.7 Å². The maximum atomic E-state index is 12.2. The molecule has 148 valence electrons. The number of benzene rings is 1. The number of ether oxygens (including phenoxy) is 1. The molecule has 29 heavy (non-hydrogen) atoms. The summed E-state index contributed by atoms with van der Waals surface area (Å²) >= 11 is 3.00. The summed E-state index contributed by atoms with van der Waals surface area (Å²) in [6, 6.07) is 10.9. The fourth-order valence-corrected chi connectivity index (χ4v) is 4.68. The lowest BCUT2D eigenvalue weighted by atomic mass is 10.2. The number of carbonyl (C=O) groups is 1. The molecule has 0 saturated heterocycles. The van der Waals surface area contributed by atoms with Gasteiger partial charge in [0.25, 0.3) is 0 Å². The van der Waals surface area contributed by atoms with Crippen LogP contribution in [0.4, 0.5) is 5.69 Å². The molecule has 0 amide bonds. The second-order valence-corrected chi connectivity index (χ2v) is 8.26. The van der Waals surface area contributed by atoms with E-state index in [-0.39, 0.29) is 18.1 Å². The summed E-state index contributed by atoms with van der Waals surface area (Å²) in [5, 5.41) is 23.7. The largest absolute Gasteiger partial charge is 0.510 e. The Morgan fingerprint density at radius 3 is 2.93 bits per heavy atom. The van der Waals surface area contributed by atoms with Crippen molar-refractivity contribution in [2.24, 2.45) is 0 Å². The first-order valence-electron chi connectivity index (χ1n) is 9.14. The van der Waals surface area contributed by atoms with E-state index in [1.54, 1.807) is 40.5 Å². The van der Waals surface area contributed by atoms with Crippen molar-refractivity contribution >= 4 is 45.7 Å². The van der Waals surface area contributed by atoms with Gasteiger partial charge >= 0.3 is 5.97 Å². The van der Waals surface area contributed by atoms with Crippen LogP contribution in [0.25, 0.3) is 16.1 Å². The van der Waals surface area contributed by atoms with Crippen LogP contribution in [-0.2, 0) is 4.74 Å². The van der Waals surface area contributed by atoms with E-state index in [0.29, 0.717) is 28.4 Å². The molecule has 1 aliphatic heterocycles. The number of aromatic nitrogens is 1. The first-order chi connectivity index (χ1) is 14.1. The van der Waals surface area contributed by atoms with Crippen molar-refractivity contribution in [2.45, 2.75) is 13.3 Å². The Kier molecular flexibility index (Phi) is 5.46. The number of aliphatic hydroxyl groups excluding tert-OH is 1. The number of amidine groups is 1. The van der Waals surface area contributed by atoms with Gasteiger partial charge in [0.1, 0.15) is 16.6 Å². The Hall–Kier alpha value is -2.97. The summed E-state index contributed by atoms with van der Waals surface area (Å²) < 4.78 is 5.19. The molecule has 1 aliphatic rings. The number of nitrogens with zero attached hydrogens (tertiary/aromatic N) is 2. The number of aliphatic hydroxyl groups is 1. The molecule has 2 aromatic heterocycles. The number of esters is 1.